The average molecular weight is 270 g/mol. The first-order valence-electron chi connectivity index (χ1n) is 6.66. The minimum atomic E-state index is -1.01. The summed E-state index contributed by atoms with van der Waals surface area (Å²) in [5, 5.41) is 10.5. The highest BCUT2D eigenvalue weighted by Gasteiger charge is 2.42. The third-order valence-electron chi connectivity index (χ3n) is 4.10. The fraction of sp³-hybridized carbons (Fsp3) is 0.600. The van der Waals surface area contributed by atoms with Crippen molar-refractivity contribution in [2.24, 2.45) is 5.92 Å². The molecule has 1 saturated carbocycles. The minimum absolute atomic E-state index is 0.244. The lowest BCUT2D eigenvalue weighted by atomic mass is 9.74. The largest absolute Gasteiger partial charge is 0.385 e. The topological polar surface area (TPSA) is 29.5 Å². The molecule has 3 atom stereocenters. The molecule has 0 spiro atoms. The van der Waals surface area contributed by atoms with Gasteiger partial charge in [-0.15, -0.1) is 0 Å². The molecule has 0 saturated heterocycles. The predicted octanol–water partition coefficient (Wildman–Crippen LogP) is 3.59. The number of methoxy groups -OCH3 is 1. The number of aliphatic hydroxyl groups excluding tert-OH is 1. The van der Waals surface area contributed by atoms with Crippen LogP contribution in [0, 0.1) is 17.6 Å². The molecule has 0 aromatic heterocycles. The summed E-state index contributed by atoms with van der Waals surface area (Å²) in [5.41, 5.74) is -0.494. The molecular formula is C15H20F2O2. The summed E-state index contributed by atoms with van der Waals surface area (Å²) in [5.74, 6) is -0.921. The fourth-order valence-corrected chi connectivity index (χ4v) is 3.13. The van der Waals surface area contributed by atoms with E-state index in [-0.39, 0.29) is 5.56 Å². The summed E-state index contributed by atoms with van der Waals surface area (Å²) >= 11 is 0. The number of ether oxygens (including phenoxy) is 1. The smallest absolute Gasteiger partial charge is 0.126 e. The summed E-state index contributed by atoms with van der Waals surface area (Å²) in [7, 11) is 1.55. The van der Waals surface area contributed by atoms with Gasteiger partial charge in [-0.05, 0) is 36.5 Å². The normalized spacial score (nSPS) is 29.2. The summed E-state index contributed by atoms with van der Waals surface area (Å²) in [6, 6.07) is 3.15. The molecule has 3 unspecified atom stereocenters. The van der Waals surface area contributed by atoms with Gasteiger partial charge < -0.3 is 9.84 Å². The van der Waals surface area contributed by atoms with Crippen molar-refractivity contribution in [3.05, 3.63) is 35.4 Å². The molecule has 4 heteroatoms. The Kier molecular flexibility index (Phi) is 4.21. The van der Waals surface area contributed by atoms with E-state index in [2.05, 4.69) is 6.92 Å². The summed E-state index contributed by atoms with van der Waals surface area (Å²) < 4.78 is 32.1. The van der Waals surface area contributed by atoms with E-state index < -0.39 is 23.3 Å². The van der Waals surface area contributed by atoms with Crippen molar-refractivity contribution in [1.82, 2.24) is 0 Å². The van der Waals surface area contributed by atoms with E-state index in [1.54, 1.807) is 7.11 Å². The number of hydrogen-bond acceptors (Lipinski definition) is 2. The Labute approximate surface area is 112 Å². The number of halogens is 2. The molecule has 1 N–H and O–H groups in total. The van der Waals surface area contributed by atoms with Crippen LogP contribution in [0.25, 0.3) is 0 Å². The van der Waals surface area contributed by atoms with Crippen molar-refractivity contribution >= 4 is 0 Å². The van der Waals surface area contributed by atoms with Crippen LogP contribution in [0.2, 0.25) is 0 Å². The molecule has 19 heavy (non-hydrogen) atoms. The zero-order chi connectivity index (χ0) is 14.0. The van der Waals surface area contributed by atoms with Crippen molar-refractivity contribution < 1.29 is 18.6 Å². The lowest BCUT2D eigenvalue weighted by Gasteiger charge is -2.42. The third-order valence-corrected chi connectivity index (χ3v) is 4.10. The van der Waals surface area contributed by atoms with E-state index in [4.69, 9.17) is 4.74 Å². The van der Waals surface area contributed by atoms with Crippen LogP contribution >= 0.6 is 0 Å². The second-order valence-electron chi connectivity index (χ2n) is 5.58. The first kappa shape index (κ1) is 14.4. The molecule has 2 rings (SSSR count). The molecular weight excluding hydrogens is 250 g/mol. The Morgan fingerprint density at radius 3 is 2.47 bits per heavy atom. The van der Waals surface area contributed by atoms with Crippen LogP contribution in [0.15, 0.2) is 18.2 Å². The SMILES string of the molecule is COC1(C(O)c2cc(F)cc(F)c2)CCCC(C)C1. The Morgan fingerprint density at radius 1 is 1.32 bits per heavy atom. The van der Waals surface area contributed by atoms with Gasteiger partial charge in [0.15, 0.2) is 0 Å². The van der Waals surface area contributed by atoms with Crippen LogP contribution in [0.4, 0.5) is 8.78 Å². The van der Waals surface area contributed by atoms with Crippen LogP contribution in [0.3, 0.4) is 0 Å². The summed E-state index contributed by atoms with van der Waals surface area (Å²) in [6.45, 7) is 2.10. The van der Waals surface area contributed by atoms with Crippen LogP contribution in [0.1, 0.15) is 44.3 Å². The molecule has 1 aromatic carbocycles. The molecule has 0 radical (unpaired) electrons. The first-order valence-corrected chi connectivity index (χ1v) is 6.66. The molecule has 1 aliphatic rings. The van der Waals surface area contributed by atoms with E-state index >= 15 is 0 Å². The number of hydrogen-bond donors (Lipinski definition) is 1. The van der Waals surface area contributed by atoms with Gasteiger partial charge in [0.25, 0.3) is 0 Å². The predicted molar refractivity (Wildman–Crippen MR) is 68.7 cm³/mol. The molecule has 0 amide bonds. The van der Waals surface area contributed by atoms with Crippen molar-refractivity contribution in [2.45, 2.75) is 44.3 Å². The Balaban J connectivity index is 2.31. The van der Waals surface area contributed by atoms with Gasteiger partial charge in [0.1, 0.15) is 17.7 Å². The van der Waals surface area contributed by atoms with Gasteiger partial charge in [-0.1, -0.05) is 19.8 Å². The number of rotatable bonds is 3. The maximum atomic E-state index is 13.3. The van der Waals surface area contributed by atoms with Crippen molar-refractivity contribution in [3.63, 3.8) is 0 Å². The third kappa shape index (κ3) is 2.95. The van der Waals surface area contributed by atoms with Crippen LogP contribution in [0.5, 0.6) is 0 Å². The van der Waals surface area contributed by atoms with Gasteiger partial charge in [0.2, 0.25) is 0 Å². The summed E-state index contributed by atoms with van der Waals surface area (Å²) in [4.78, 5) is 0. The maximum Gasteiger partial charge on any atom is 0.126 e. The molecule has 1 aliphatic carbocycles. The standard InChI is InChI=1S/C15H20F2O2/c1-10-4-3-5-15(9-10,19-2)14(18)11-6-12(16)8-13(17)7-11/h6-8,10,14,18H,3-5,9H2,1-2H3. The highest BCUT2D eigenvalue weighted by Crippen LogP contribution is 2.43. The highest BCUT2D eigenvalue weighted by molar-refractivity contribution is 5.23. The molecule has 106 valence electrons. The van der Waals surface area contributed by atoms with Crippen LogP contribution < -0.4 is 0 Å². The zero-order valence-electron chi connectivity index (χ0n) is 11.3. The van der Waals surface area contributed by atoms with Gasteiger partial charge in [0, 0.05) is 13.2 Å². The van der Waals surface area contributed by atoms with Gasteiger partial charge >= 0.3 is 0 Å². The van der Waals surface area contributed by atoms with Gasteiger partial charge in [-0.3, -0.25) is 0 Å². The molecule has 0 bridgehead atoms. The number of aliphatic hydroxyl groups is 1. The molecule has 2 nitrogen and oxygen atoms in total. The van der Waals surface area contributed by atoms with Crippen molar-refractivity contribution in [1.29, 1.82) is 0 Å². The van der Waals surface area contributed by atoms with Crippen LogP contribution in [-0.4, -0.2) is 17.8 Å². The quantitative estimate of drug-likeness (QED) is 0.909. The fourth-order valence-electron chi connectivity index (χ4n) is 3.13. The number of benzene rings is 1. The van der Waals surface area contributed by atoms with Gasteiger partial charge in [0.05, 0.1) is 5.60 Å². The second-order valence-corrected chi connectivity index (χ2v) is 5.58. The van der Waals surface area contributed by atoms with Crippen molar-refractivity contribution in [3.8, 4) is 0 Å². The monoisotopic (exact) mass is 270 g/mol. The Hall–Kier alpha value is -1.00. The lowest BCUT2D eigenvalue weighted by Crippen LogP contribution is -2.42. The van der Waals surface area contributed by atoms with E-state index in [1.807, 2.05) is 0 Å². The van der Waals surface area contributed by atoms with E-state index in [0.717, 1.165) is 18.9 Å². The molecule has 0 aliphatic heterocycles. The van der Waals surface area contributed by atoms with Gasteiger partial charge in [-0.25, -0.2) is 8.78 Å². The molecule has 1 aromatic rings. The highest BCUT2D eigenvalue weighted by atomic mass is 19.1. The van der Waals surface area contributed by atoms with Crippen LogP contribution in [-0.2, 0) is 4.74 Å². The Morgan fingerprint density at radius 2 is 1.95 bits per heavy atom. The molecule has 1 fully saturated rings. The minimum Gasteiger partial charge on any atom is -0.385 e. The zero-order valence-corrected chi connectivity index (χ0v) is 11.3. The van der Waals surface area contributed by atoms with Crippen molar-refractivity contribution in [2.75, 3.05) is 7.11 Å². The van der Waals surface area contributed by atoms with E-state index in [9.17, 15) is 13.9 Å². The molecule has 0 heterocycles. The average Bonchev–Trinajstić information content (AvgIpc) is 2.36. The second kappa shape index (κ2) is 5.55. The van der Waals surface area contributed by atoms with Gasteiger partial charge in [-0.2, -0.15) is 0 Å². The lowest BCUT2D eigenvalue weighted by molar-refractivity contribution is -0.134. The maximum absolute atomic E-state index is 13.3. The van der Waals surface area contributed by atoms with E-state index in [1.165, 1.54) is 12.1 Å². The summed E-state index contributed by atoms with van der Waals surface area (Å²) in [6.07, 6.45) is 2.43. The Bertz CT molecular complexity index is 430. The first-order chi connectivity index (χ1) is 8.97. The van der Waals surface area contributed by atoms with E-state index in [0.29, 0.717) is 18.8 Å².